The Hall–Kier alpha value is -2.41. The van der Waals surface area contributed by atoms with E-state index in [1.165, 1.54) is 7.11 Å². The van der Waals surface area contributed by atoms with Gasteiger partial charge in [0.05, 0.1) is 26.2 Å². The summed E-state index contributed by atoms with van der Waals surface area (Å²) < 4.78 is 10.6. The van der Waals surface area contributed by atoms with Crippen molar-refractivity contribution in [3.63, 3.8) is 0 Å². The molecule has 2 rings (SSSR count). The molecule has 6 nitrogen and oxygen atoms in total. The second-order valence-corrected chi connectivity index (χ2v) is 6.39. The van der Waals surface area contributed by atoms with Crippen LogP contribution >= 0.6 is 15.9 Å². The fourth-order valence-corrected chi connectivity index (χ4v) is 2.86. The van der Waals surface area contributed by atoms with Gasteiger partial charge in [0, 0.05) is 0 Å². The number of carbonyl (C=O) groups excluding carboxylic acids is 2. The first-order valence-corrected chi connectivity index (χ1v) is 8.97. The first kappa shape index (κ1) is 19.9. The van der Waals surface area contributed by atoms with E-state index in [0.717, 1.165) is 11.1 Å². The standard InChI is InChI=1S/C19H21BrN2O4/c1-4-26-17(23)11-15(13-7-5-12(2)6-8-13)22-19(24)14-9-10-16(25-3)18(20)21-14/h5-10,15H,4,11H2,1-3H3,(H,22,24)/t15-/m0/s1. The molecule has 0 aliphatic carbocycles. The molecule has 7 heteroatoms. The predicted molar refractivity (Wildman–Crippen MR) is 101 cm³/mol. The molecule has 0 fully saturated rings. The van der Waals surface area contributed by atoms with Crippen LogP contribution in [0.2, 0.25) is 0 Å². The Labute approximate surface area is 161 Å². The zero-order valence-corrected chi connectivity index (χ0v) is 16.5. The number of carbonyl (C=O) groups is 2. The molecule has 0 bridgehead atoms. The number of ether oxygens (including phenoxy) is 2. The van der Waals surface area contributed by atoms with E-state index in [-0.39, 0.29) is 24.0 Å². The molecule has 1 atom stereocenters. The number of benzene rings is 1. The maximum atomic E-state index is 12.6. The summed E-state index contributed by atoms with van der Waals surface area (Å²) in [5.74, 6) is -0.228. The molecule has 138 valence electrons. The van der Waals surface area contributed by atoms with Gasteiger partial charge in [-0.1, -0.05) is 29.8 Å². The van der Waals surface area contributed by atoms with Crippen LogP contribution < -0.4 is 10.1 Å². The third kappa shape index (κ3) is 5.29. The molecule has 2 aromatic rings. The first-order chi connectivity index (χ1) is 12.4. The lowest BCUT2D eigenvalue weighted by Crippen LogP contribution is -2.31. The van der Waals surface area contributed by atoms with Gasteiger partial charge in [-0.2, -0.15) is 0 Å². The van der Waals surface area contributed by atoms with Gasteiger partial charge in [0.1, 0.15) is 10.3 Å². The van der Waals surface area contributed by atoms with Crippen molar-refractivity contribution in [1.29, 1.82) is 0 Å². The SMILES string of the molecule is CCOC(=O)C[C@H](NC(=O)c1ccc(OC)c(Br)n1)c1ccc(C)cc1. The summed E-state index contributed by atoms with van der Waals surface area (Å²) in [7, 11) is 1.52. The molecular weight excluding hydrogens is 400 g/mol. The van der Waals surface area contributed by atoms with Crippen LogP contribution in [0.15, 0.2) is 41.0 Å². The zero-order chi connectivity index (χ0) is 19.1. The van der Waals surface area contributed by atoms with E-state index in [4.69, 9.17) is 9.47 Å². The summed E-state index contributed by atoms with van der Waals surface area (Å²) >= 11 is 3.27. The van der Waals surface area contributed by atoms with E-state index in [1.54, 1.807) is 19.1 Å². The Bertz CT molecular complexity index is 778. The van der Waals surface area contributed by atoms with Crippen molar-refractivity contribution in [2.45, 2.75) is 26.3 Å². The molecule has 0 unspecified atom stereocenters. The highest BCUT2D eigenvalue weighted by Crippen LogP contribution is 2.23. The lowest BCUT2D eigenvalue weighted by atomic mass is 10.0. The fourth-order valence-electron chi connectivity index (χ4n) is 2.37. The molecule has 1 heterocycles. The van der Waals surface area contributed by atoms with E-state index >= 15 is 0 Å². The number of hydrogen-bond donors (Lipinski definition) is 1. The van der Waals surface area contributed by atoms with E-state index < -0.39 is 6.04 Å². The van der Waals surface area contributed by atoms with Crippen molar-refractivity contribution >= 4 is 27.8 Å². The van der Waals surface area contributed by atoms with Crippen LogP contribution in [0.3, 0.4) is 0 Å². The van der Waals surface area contributed by atoms with Gasteiger partial charge < -0.3 is 14.8 Å². The van der Waals surface area contributed by atoms with E-state index in [9.17, 15) is 9.59 Å². The van der Waals surface area contributed by atoms with Gasteiger partial charge in [0.2, 0.25) is 0 Å². The van der Waals surface area contributed by atoms with Gasteiger partial charge in [0.25, 0.3) is 5.91 Å². The lowest BCUT2D eigenvalue weighted by molar-refractivity contribution is -0.143. The van der Waals surface area contributed by atoms with Crippen LogP contribution in [0.4, 0.5) is 0 Å². The molecule has 1 N–H and O–H groups in total. The molecule has 0 radical (unpaired) electrons. The minimum absolute atomic E-state index is 0.0416. The number of nitrogens with zero attached hydrogens (tertiary/aromatic N) is 1. The van der Waals surface area contributed by atoms with Crippen LogP contribution in [0, 0.1) is 6.92 Å². The van der Waals surface area contributed by atoms with Crippen molar-refractivity contribution in [3.05, 3.63) is 57.8 Å². The number of nitrogens with one attached hydrogen (secondary N) is 1. The lowest BCUT2D eigenvalue weighted by Gasteiger charge is -2.19. The quantitative estimate of drug-likeness (QED) is 0.546. The number of halogens is 1. The molecular formula is C19H21BrN2O4. The smallest absolute Gasteiger partial charge is 0.308 e. The van der Waals surface area contributed by atoms with Crippen LogP contribution in [-0.2, 0) is 9.53 Å². The maximum Gasteiger partial charge on any atom is 0.308 e. The van der Waals surface area contributed by atoms with Crippen molar-refractivity contribution < 1.29 is 19.1 Å². The summed E-state index contributed by atoms with van der Waals surface area (Å²) in [6, 6.07) is 10.3. The number of amides is 1. The number of pyridine rings is 1. The highest BCUT2D eigenvalue weighted by Gasteiger charge is 2.21. The molecule has 0 saturated carbocycles. The minimum Gasteiger partial charge on any atom is -0.494 e. The summed E-state index contributed by atoms with van der Waals surface area (Å²) in [5, 5.41) is 2.86. The average Bonchev–Trinajstić information content (AvgIpc) is 2.62. The van der Waals surface area contributed by atoms with Gasteiger partial charge in [0.15, 0.2) is 5.75 Å². The first-order valence-electron chi connectivity index (χ1n) is 8.18. The third-order valence-corrected chi connectivity index (χ3v) is 4.30. The van der Waals surface area contributed by atoms with Gasteiger partial charge >= 0.3 is 5.97 Å². The topological polar surface area (TPSA) is 77.5 Å². The van der Waals surface area contributed by atoms with Gasteiger partial charge in [-0.05, 0) is 47.5 Å². The van der Waals surface area contributed by atoms with Crippen LogP contribution in [-0.4, -0.2) is 30.6 Å². The monoisotopic (exact) mass is 420 g/mol. The van der Waals surface area contributed by atoms with E-state index in [2.05, 4.69) is 26.2 Å². The predicted octanol–water partition coefficient (Wildman–Crippen LogP) is 3.59. The maximum absolute atomic E-state index is 12.6. The average molecular weight is 421 g/mol. The van der Waals surface area contributed by atoms with Gasteiger partial charge in [-0.25, -0.2) is 4.98 Å². The van der Waals surface area contributed by atoms with Crippen molar-refractivity contribution in [3.8, 4) is 5.75 Å². The normalized spacial score (nSPS) is 11.5. The summed E-state index contributed by atoms with van der Waals surface area (Å²) in [5.41, 5.74) is 2.14. The second kappa shape index (κ2) is 9.33. The van der Waals surface area contributed by atoms with Gasteiger partial charge in [-0.3, -0.25) is 9.59 Å². The van der Waals surface area contributed by atoms with Crippen LogP contribution in [0.25, 0.3) is 0 Å². The Balaban J connectivity index is 2.21. The number of methoxy groups -OCH3 is 1. The molecule has 0 aliphatic rings. The second-order valence-electron chi connectivity index (χ2n) is 5.64. The summed E-state index contributed by atoms with van der Waals surface area (Å²) in [6.07, 6.45) is 0.0416. The number of aromatic nitrogens is 1. The number of aryl methyl sites for hydroxylation is 1. The molecule has 26 heavy (non-hydrogen) atoms. The number of rotatable bonds is 7. The van der Waals surface area contributed by atoms with Gasteiger partial charge in [-0.15, -0.1) is 0 Å². The molecule has 0 spiro atoms. The van der Waals surface area contributed by atoms with Crippen molar-refractivity contribution in [1.82, 2.24) is 10.3 Å². The molecule has 0 aliphatic heterocycles. The molecule has 1 amide bonds. The Morgan fingerprint density at radius 1 is 1.19 bits per heavy atom. The highest BCUT2D eigenvalue weighted by molar-refractivity contribution is 9.10. The summed E-state index contributed by atoms with van der Waals surface area (Å²) in [4.78, 5) is 28.7. The van der Waals surface area contributed by atoms with Crippen molar-refractivity contribution in [2.24, 2.45) is 0 Å². The van der Waals surface area contributed by atoms with Crippen LogP contribution in [0.5, 0.6) is 5.75 Å². The third-order valence-electron chi connectivity index (χ3n) is 3.73. The Kier molecular flexibility index (Phi) is 7.15. The fraction of sp³-hybridized carbons (Fsp3) is 0.316. The van der Waals surface area contributed by atoms with E-state index in [1.807, 2.05) is 31.2 Å². The largest absolute Gasteiger partial charge is 0.494 e. The number of hydrogen-bond acceptors (Lipinski definition) is 5. The van der Waals surface area contributed by atoms with Crippen molar-refractivity contribution in [2.75, 3.05) is 13.7 Å². The Morgan fingerprint density at radius 3 is 2.46 bits per heavy atom. The number of esters is 1. The highest BCUT2D eigenvalue weighted by atomic mass is 79.9. The molecule has 0 saturated heterocycles. The Morgan fingerprint density at radius 2 is 1.88 bits per heavy atom. The molecule has 1 aromatic carbocycles. The van der Waals surface area contributed by atoms with E-state index in [0.29, 0.717) is 17.0 Å². The minimum atomic E-state index is -0.509. The van der Waals surface area contributed by atoms with Crippen LogP contribution in [0.1, 0.15) is 41.0 Å². The molecule has 1 aromatic heterocycles. The zero-order valence-electron chi connectivity index (χ0n) is 14.9. The summed E-state index contributed by atoms with van der Waals surface area (Å²) in [6.45, 7) is 4.01.